The van der Waals surface area contributed by atoms with E-state index >= 15 is 0 Å². The van der Waals surface area contributed by atoms with E-state index in [2.05, 4.69) is 17.6 Å². The van der Waals surface area contributed by atoms with Gasteiger partial charge in [0.2, 0.25) is 0 Å². The Morgan fingerprint density at radius 3 is 2.59 bits per heavy atom. The molecule has 1 fully saturated rings. The number of hydrogen-bond acceptors (Lipinski definition) is 4. The molecule has 1 aliphatic heterocycles. The molecule has 27 heavy (non-hydrogen) atoms. The summed E-state index contributed by atoms with van der Waals surface area (Å²) in [4.78, 5) is 25.1. The summed E-state index contributed by atoms with van der Waals surface area (Å²) >= 11 is 0. The molecule has 0 radical (unpaired) electrons. The lowest BCUT2D eigenvalue weighted by molar-refractivity contribution is -0.146. The van der Waals surface area contributed by atoms with Crippen molar-refractivity contribution in [2.45, 2.75) is 58.6 Å². The molecular weight excluding hydrogens is 344 g/mol. The minimum absolute atomic E-state index is 0.0607. The largest absolute Gasteiger partial charge is 0.494 e. The van der Waals surface area contributed by atoms with E-state index in [0.29, 0.717) is 29.5 Å². The van der Waals surface area contributed by atoms with Crippen molar-refractivity contribution in [1.82, 2.24) is 10.6 Å². The first-order chi connectivity index (χ1) is 13.0. The third-order valence-corrected chi connectivity index (χ3v) is 5.26. The molecule has 1 aliphatic carbocycles. The lowest BCUT2D eigenvalue weighted by atomic mass is 9.88. The Bertz CT molecular complexity index is 735. The normalized spacial score (nSPS) is 25.4. The van der Waals surface area contributed by atoms with Crippen LogP contribution < -0.4 is 15.4 Å². The maximum atomic E-state index is 13.0. The summed E-state index contributed by atoms with van der Waals surface area (Å²) in [6.45, 7) is 6.36. The standard InChI is InChI=1S/C21H28N2O4/c1-4-26-17-8-6-5-7-16(17)19-18(14(3)22-21(25)23-19)20(24)27-15-11-9-13(2)10-12-15/h5-8,13,15,19H,4,9-12H2,1-3H3,(H2,22,23,25)/t13?,15?,19-/m0/s1. The van der Waals surface area contributed by atoms with Crippen LogP contribution in [0.1, 0.15) is 58.1 Å². The summed E-state index contributed by atoms with van der Waals surface area (Å²) in [5, 5.41) is 5.54. The van der Waals surface area contributed by atoms with Crippen LogP contribution in [0.25, 0.3) is 0 Å². The number of carbonyl (C=O) groups excluding carboxylic acids is 2. The van der Waals surface area contributed by atoms with Gasteiger partial charge in [-0.3, -0.25) is 0 Å². The van der Waals surface area contributed by atoms with Crippen LogP contribution in [-0.2, 0) is 9.53 Å². The summed E-state index contributed by atoms with van der Waals surface area (Å²) in [5.74, 6) is 0.954. The Morgan fingerprint density at radius 2 is 1.89 bits per heavy atom. The quantitative estimate of drug-likeness (QED) is 0.770. The van der Waals surface area contributed by atoms with E-state index in [0.717, 1.165) is 31.2 Å². The van der Waals surface area contributed by atoms with Crippen molar-refractivity contribution >= 4 is 12.0 Å². The molecule has 1 aromatic rings. The molecule has 6 nitrogen and oxygen atoms in total. The molecule has 0 aromatic heterocycles. The van der Waals surface area contributed by atoms with Crippen molar-refractivity contribution in [3.8, 4) is 5.75 Å². The van der Waals surface area contributed by atoms with Crippen LogP contribution in [0.4, 0.5) is 4.79 Å². The predicted octanol–water partition coefficient (Wildman–Crippen LogP) is 3.84. The van der Waals surface area contributed by atoms with Gasteiger partial charge in [-0.2, -0.15) is 0 Å². The second kappa shape index (κ2) is 8.46. The van der Waals surface area contributed by atoms with Crippen molar-refractivity contribution in [3.63, 3.8) is 0 Å². The lowest BCUT2D eigenvalue weighted by Gasteiger charge is -2.31. The fourth-order valence-corrected chi connectivity index (χ4v) is 3.77. The first-order valence-corrected chi connectivity index (χ1v) is 9.70. The number of carbonyl (C=O) groups is 2. The van der Waals surface area contributed by atoms with Gasteiger partial charge in [-0.1, -0.05) is 25.1 Å². The van der Waals surface area contributed by atoms with Crippen LogP contribution in [0.3, 0.4) is 0 Å². The third kappa shape index (κ3) is 4.43. The van der Waals surface area contributed by atoms with Crippen LogP contribution in [0.5, 0.6) is 5.75 Å². The van der Waals surface area contributed by atoms with E-state index < -0.39 is 6.04 Å². The van der Waals surface area contributed by atoms with E-state index in [-0.39, 0.29) is 18.1 Å². The molecule has 0 bridgehead atoms. The number of esters is 1. The van der Waals surface area contributed by atoms with Crippen molar-refractivity contribution in [2.24, 2.45) is 5.92 Å². The van der Waals surface area contributed by atoms with E-state index in [4.69, 9.17) is 9.47 Å². The van der Waals surface area contributed by atoms with E-state index in [1.807, 2.05) is 31.2 Å². The number of rotatable bonds is 5. The second-order valence-corrected chi connectivity index (χ2v) is 7.33. The number of urea groups is 1. The topological polar surface area (TPSA) is 76.7 Å². The molecule has 0 unspecified atom stereocenters. The van der Waals surface area contributed by atoms with Crippen molar-refractivity contribution in [1.29, 1.82) is 0 Å². The van der Waals surface area contributed by atoms with Crippen LogP contribution in [0, 0.1) is 5.92 Å². The molecule has 0 saturated heterocycles. The number of nitrogens with one attached hydrogen (secondary N) is 2. The summed E-state index contributed by atoms with van der Waals surface area (Å²) in [6.07, 6.45) is 3.86. The number of para-hydroxylation sites is 1. The monoisotopic (exact) mass is 372 g/mol. The van der Waals surface area contributed by atoms with Gasteiger partial charge >= 0.3 is 12.0 Å². The zero-order chi connectivity index (χ0) is 19.4. The first kappa shape index (κ1) is 19.3. The highest BCUT2D eigenvalue weighted by atomic mass is 16.5. The average Bonchev–Trinajstić information content (AvgIpc) is 2.63. The van der Waals surface area contributed by atoms with E-state index in [9.17, 15) is 9.59 Å². The van der Waals surface area contributed by atoms with Crippen molar-refractivity contribution < 1.29 is 19.1 Å². The maximum absolute atomic E-state index is 13.0. The highest BCUT2D eigenvalue weighted by molar-refractivity contribution is 5.95. The SMILES string of the molecule is CCOc1ccccc1[C@@H]1NC(=O)NC(C)=C1C(=O)OC1CCC(C)CC1. The fourth-order valence-electron chi connectivity index (χ4n) is 3.77. The first-order valence-electron chi connectivity index (χ1n) is 9.70. The second-order valence-electron chi connectivity index (χ2n) is 7.33. The van der Waals surface area contributed by atoms with Crippen LogP contribution in [-0.4, -0.2) is 24.7 Å². The van der Waals surface area contributed by atoms with Crippen LogP contribution in [0.15, 0.2) is 35.5 Å². The summed E-state index contributed by atoms with van der Waals surface area (Å²) in [7, 11) is 0. The van der Waals surface area contributed by atoms with Gasteiger partial charge in [0.05, 0.1) is 18.2 Å². The summed E-state index contributed by atoms with van der Waals surface area (Å²) in [5.41, 5.74) is 1.70. The zero-order valence-electron chi connectivity index (χ0n) is 16.2. The molecule has 2 N–H and O–H groups in total. The van der Waals surface area contributed by atoms with Gasteiger partial charge < -0.3 is 20.1 Å². The molecule has 2 amide bonds. The smallest absolute Gasteiger partial charge is 0.338 e. The Kier molecular flexibility index (Phi) is 6.04. The predicted molar refractivity (Wildman–Crippen MR) is 102 cm³/mol. The number of ether oxygens (including phenoxy) is 2. The van der Waals surface area contributed by atoms with Gasteiger partial charge in [0.15, 0.2) is 0 Å². The molecule has 2 aliphatic rings. The number of amides is 2. The lowest BCUT2D eigenvalue weighted by Crippen LogP contribution is -2.45. The molecule has 146 valence electrons. The van der Waals surface area contributed by atoms with Gasteiger partial charge in [-0.15, -0.1) is 0 Å². The number of benzene rings is 1. The minimum Gasteiger partial charge on any atom is -0.494 e. The van der Waals surface area contributed by atoms with Gasteiger partial charge in [0.25, 0.3) is 0 Å². The molecule has 1 atom stereocenters. The minimum atomic E-state index is -0.600. The third-order valence-electron chi connectivity index (χ3n) is 5.26. The van der Waals surface area contributed by atoms with Crippen LogP contribution >= 0.6 is 0 Å². The van der Waals surface area contributed by atoms with E-state index in [1.165, 1.54) is 0 Å². The van der Waals surface area contributed by atoms with Gasteiger partial charge in [0, 0.05) is 11.3 Å². The zero-order valence-corrected chi connectivity index (χ0v) is 16.2. The molecule has 6 heteroatoms. The summed E-state index contributed by atoms with van der Waals surface area (Å²) < 4.78 is 11.5. The highest BCUT2D eigenvalue weighted by Gasteiger charge is 2.35. The number of allylic oxidation sites excluding steroid dienone is 1. The van der Waals surface area contributed by atoms with E-state index in [1.54, 1.807) is 6.92 Å². The summed E-state index contributed by atoms with van der Waals surface area (Å²) in [6, 6.07) is 6.50. The van der Waals surface area contributed by atoms with Crippen LogP contribution in [0.2, 0.25) is 0 Å². The molecular formula is C21H28N2O4. The van der Waals surface area contributed by atoms with Crippen molar-refractivity contribution in [2.75, 3.05) is 6.61 Å². The van der Waals surface area contributed by atoms with Gasteiger partial charge in [0.1, 0.15) is 11.9 Å². The van der Waals surface area contributed by atoms with Crippen molar-refractivity contribution in [3.05, 3.63) is 41.1 Å². The molecule has 1 heterocycles. The Balaban J connectivity index is 1.87. The van der Waals surface area contributed by atoms with Gasteiger partial charge in [-0.25, -0.2) is 9.59 Å². The molecule has 3 rings (SSSR count). The molecule has 1 saturated carbocycles. The van der Waals surface area contributed by atoms with Gasteiger partial charge in [-0.05, 0) is 51.5 Å². The fraction of sp³-hybridized carbons (Fsp3) is 0.524. The Labute approximate surface area is 160 Å². The molecule has 0 spiro atoms. The Hall–Kier alpha value is -2.50. The average molecular weight is 372 g/mol. The Morgan fingerprint density at radius 1 is 1.19 bits per heavy atom. The molecule has 1 aromatic carbocycles. The maximum Gasteiger partial charge on any atom is 0.338 e. The number of hydrogen-bond donors (Lipinski definition) is 2. The highest BCUT2D eigenvalue weighted by Crippen LogP contribution is 2.34.